The van der Waals surface area contributed by atoms with Crippen LogP contribution in [-0.2, 0) is 13.0 Å². The highest BCUT2D eigenvalue weighted by Gasteiger charge is 2.24. The van der Waals surface area contributed by atoms with E-state index < -0.39 is 6.10 Å². The molecule has 4 rings (SSSR count). The van der Waals surface area contributed by atoms with Crippen LogP contribution in [0.2, 0.25) is 0 Å². The molecule has 178 valence electrons. The Kier molecular flexibility index (Phi) is 7.25. The maximum absolute atomic E-state index is 11.2. The van der Waals surface area contributed by atoms with Crippen molar-refractivity contribution in [1.82, 2.24) is 5.32 Å². The predicted octanol–water partition coefficient (Wildman–Crippen LogP) is 5.80. The summed E-state index contributed by atoms with van der Waals surface area (Å²) in [7, 11) is 0. The summed E-state index contributed by atoms with van der Waals surface area (Å²) in [6, 6.07) is 20.4. The van der Waals surface area contributed by atoms with Crippen LogP contribution in [0.15, 0.2) is 73.1 Å². The lowest BCUT2D eigenvalue weighted by molar-refractivity contribution is 0.157. The molecule has 1 aliphatic rings. The molecule has 0 radical (unpaired) electrons. The van der Waals surface area contributed by atoms with Gasteiger partial charge in [0, 0.05) is 29.9 Å². The Hall–Kier alpha value is -3.28. The van der Waals surface area contributed by atoms with Crippen molar-refractivity contribution < 1.29 is 14.6 Å². The number of nitrogens with one attached hydrogen (secondary N) is 2. The molecule has 1 heterocycles. The van der Waals surface area contributed by atoms with E-state index in [2.05, 4.69) is 56.5 Å². The minimum absolute atomic E-state index is 0.193. The van der Waals surface area contributed by atoms with Crippen LogP contribution < -0.4 is 20.1 Å². The summed E-state index contributed by atoms with van der Waals surface area (Å²) in [5, 5.41) is 17.9. The minimum atomic E-state index is -0.763. The van der Waals surface area contributed by atoms with E-state index in [0.29, 0.717) is 30.2 Å². The number of ether oxygens (including phenoxy) is 2. The summed E-state index contributed by atoms with van der Waals surface area (Å²) in [5.74, 6) is 1.30. The Labute approximate surface area is 202 Å². The molecule has 3 aromatic carbocycles. The third kappa shape index (κ3) is 6.19. The van der Waals surface area contributed by atoms with E-state index in [1.54, 1.807) is 12.5 Å². The monoisotopic (exact) mass is 458 g/mol. The van der Waals surface area contributed by atoms with Crippen LogP contribution in [0.3, 0.4) is 0 Å². The quantitative estimate of drug-likeness (QED) is 0.378. The number of fused-ring (bicyclic) bond motifs is 1. The van der Waals surface area contributed by atoms with Gasteiger partial charge in [-0.15, -0.1) is 0 Å². The molecule has 0 aromatic heterocycles. The standard InChI is InChI=1S/C29H34N2O3/c1-20-12-21(2)14-23(13-20)17-29(3,4)31-18-27(32)25-15-24(16-26-28(25)33-11-10-30-26)34-19-22-8-6-5-7-9-22/h5-16,27,30-32H,17-19H2,1-4H3. The summed E-state index contributed by atoms with van der Waals surface area (Å²) in [5.41, 5.74) is 6.17. The van der Waals surface area contributed by atoms with Gasteiger partial charge in [-0.05, 0) is 51.3 Å². The lowest BCUT2D eigenvalue weighted by atomic mass is 9.92. The Balaban J connectivity index is 1.47. The number of aliphatic hydroxyl groups excluding tert-OH is 1. The highest BCUT2D eigenvalue weighted by atomic mass is 16.5. The Morgan fingerprint density at radius 2 is 1.74 bits per heavy atom. The minimum Gasteiger partial charge on any atom is -0.489 e. The number of anilines is 1. The Morgan fingerprint density at radius 1 is 1.00 bits per heavy atom. The fourth-order valence-electron chi connectivity index (χ4n) is 4.39. The Morgan fingerprint density at radius 3 is 2.47 bits per heavy atom. The van der Waals surface area contributed by atoms with Crippen LogP contribution in [0.4, 0.5) is 5.69 Å². The van der Waals surface area contributed by atoms with Gasteiger partial charge in [0.1, 0.15) is 18.6 Å². The van der Waals surface area contributed by atoms with Gasteiger partial charge in [-0.1, -0.05) is 59.7 Å². The van der Waals surface area contributed by atoms with Gasteiger partial charge in [-0.3, -0.25) is 0 Å². The average Bonchev–Trinajstić information content (AvgIpc) is 2.80. The van der Waals surface area contributed by atoms with Gasteiger partial charge in [0.25, 0.3) is 0 Å². The van der Waals surface area contributed by atoms with Gasteiger partial charge in [0.2, 0.25) is 0 Å². The molecule has 0 aliphatic carbocycles. The highest BCUT2D eigenvalue weighted by molar-refractivity contribution is 5.66. The van der Waals surface area contributed by atoms with Gasteiger partial charge in [-0.2, -0.15) is 0 Å². The fraction of sp³-hybridized carbons (Fsp3) is 0.310. The van der Waals surface area contributed by atoms with Crippen molar-refractivity contribution in [3.63, 3.8) is 0 Å². The summed E-state index contributed by atoms with van der Waals surface area (Å²) < 4.78 is 11.8. The number of aryl methyl sites for hydroxylation is 2. The second-order valence-corrected chi connectivity index (χ2v) is 9.68. The van der Waals surface area contributed by atoms with Crippen LogP contribution in [0, 0.1) is 13.8 Å². The number of aliphatic hydroxyl groups is 1. The number of β-amino-alcohol motifs (C(OH)–C–C–N with tert-alkyl or cyclic N) is 1. The van der Waals surface area contributed by atoms with Gasteiger partial charge >= 0.3 is 0 Å². The van der Waals surface area contributed by atoms with Crippen molar-refractivity contribution in [3.8, 4) is 11.5 Å². The first-order valence-corrected chi connectivity index (χ1v) is 11.7. The molecule has 0 spiro atoms. The van der Waals surface area contributed by atoms with E-state index in [-0.39, 0.29) is 5.54 Å². The maximum atomic E-state index is 11.2. The lowest BCUT2D eigenvalue weighted by Crippen LogP contribution is -2.43. The first-order valence-electron chi connectivity index (χ1n) is 11.7. The molecule has 0 fully saturated rings. The van der Waals surface area contributed by atoms with E-state index in [1.807, 2.05) is 42.5 Å². The van der Waals surface area contributed by atoms with Crippen molar-refractivity contribution in [2.75, 3.05) is 11.9 Å². The zero-order valence-electron chi connectivity index (χ0n) is 20.4. The molecule has 5 nitrogen and oxygen atoms in total. The lowest BCUT2D eigenvalue weighted by Gasteiger charge is -2.29. The zero-order chi connectivity index (χ0) is 24.1. The third-order valence-electron chi connectivity index (χ3n) is 5.89. The van der Waals surface area contributed by atoms with Crippen LogP contribution in [0.5, 0.6) is 11.5 Å². The van der Waals surface area contributed by atoms with Crippen molar-refractivity contribution in [1.29, 1.82) is 0 Å². The molecular weight excluding hydrogens is 424 g/mol. The predicted molar refractivity (Wildman–Crippen MR) is 137 cm³/mol. The molecule has 1 atom stereocenters. The van der Waals surface area contributed by atoms with E-state index in [9.17, 15) is 5.11 Å². The summed E-state index contributed by atoms with van der Waals surface area (Å²) in [4.78, 5) is 0. The molecule has 0 amide bonds. The van der Waals surface area contributed by atoms with Crippen LogP contribution in [0.1, 0.15) is 47.8 Å². The van der Waals surface area contributed by atoms with E-state index in [0.717, 1.165) is 17.7 Å². The first-order chi connectivity index (χ1) is 16.3. The number of benzene rings is 3. The van der Waals surface area contributed by atoms with Gasteiger partial charge < -0.3 is 25.2 Å². The van der Waals surface area contributed by atoms with Crippen LogP contribution in [0.25, 0.3) is 0 Å². The molecule has 1 unspecified atom stereocenters. The Bertz CT molecular complexity index is 1140. The van der Waals surface area contributed by atoms with E-state index in [1.165, 1.54) is 16.7 Å². The zero-order valence-corrected chi connectivity index (χ0v) is 20.4. The van der Waals surface area contributed by atoms with Crippen molar-refractivity contribution in [2.45, 2.75) is 52.4 Å². The number of rotatable bonds is 9. The molecule has 3 aromatic rings. The molecule has 1 aliphatic heterocycles. The second-order valence-electron chi connectivity index (χ2n) is 9.68. The van der Waals surface area contributed by atoms with Crippen LogP contribution in [-0.4, -0.2) is 17.2 Å². The number of hydrogen-bond donors (Lipinski definition) is 3. The topological polar surface area (TPSA) is 62.8 Å². The van der Waals surface area contributed by atoms with E-state index >= 15 is 0 Å². The molecule has 0 saturated carbocycles. The first kappa shape index (κ1) is 23.9. The summed E-state index contributed by atoms with van der Waals surface area (Å²) >= 11 is 0. The van der Waals surface area contributed by atoms with Crippen LogP contribution >= 0.6 is 0 Å². The van der Waals surface area contributed by atoms with Gasteiger partial charge in [0.05, 0.1) is 11.8 Å². The molecule has 0 saturated heterocycles. The fourth-order valence-corrected chi connectivity index (χ4v) is 4.39. The van der Waals surface area contributed by atoms with Crippen molar-refractivity contribution in [2.24, 2.45) is 0 Å². The maximum Gasteiger partial charge on any atom is 0.156 e. The number of hydrogen-bond acceptors (Lipinski definition) is 5. The van der Waals surface area contributed by atoms with Gasteiger partial charge in [-0.25, -0.2) is 0 Å². The second kappa shape index (κ2) is 10.3. The van der Waals surface area contributed by atoms with Crippen molar-refractivity contribution in [3.05, 3.63) is 101 Å². The SMILES string of the molecule is Cc1cc(C)cc(CC(C)(C)NCC(O)c2cc(OCc3ccccc3)cc3c2OC=CN3)c1. The third-order valence-corrected chi connectivity index (χ3v) is 5.89. The average molecular weight is 459 g/mol. The molecule has 0 bridgehead atoms. The molecule has 5 heteroatoms. The largest absolute Gasteiger partial charge is 0.489 e. The van der Waals surface area contributed by atoms with E-state index in [4.69, 9.17) is 9.47 Å². The van der Waals surface area contributed by atoms with Crippen molar-refractivity contribution >= 4 is 5.69 Å². The normalized spacial score (nSPS) is 13.6. The molecular formula is C29H34N2O3. The highest BCUT2D eigenvalue weighted by Crippen LogP contribution is 2.39. The summed E-state index contributed by atoms with van der Waals surface area (Å²) in [6.45, 7) is 9.41. The molecule has 34 heavy (non-hydrogen) atoms. The smallest absolute Gasteiger partial charge is 0.156 e. The van der Waals surface area contributed by atoms with Gasteiger partial charge in [0.15, 0.2) is 5.75 Å². The summed E-state index contributed by atoms with van der Waals surface area (Å²) in [6.07, 6.45) is 3.41. The molecule has 3 N–H and O–H groups in total.